The van der Waals surface area contributed by atoms with E-state index >= 15 is 0 Å². The predicted molar refractivity (Wildman–Crippen MR) is 146 cm³/mol. The Bertz CT molecular complexity index is 734. The van der Waals surface area contributed by atoms with E-state index in [0.717, 1.165) is 64.8 Å². The van der Waals surface area contributed by atoms with Gasteiger partial charge in [0.1, 0.15) is 5.78 Å². The van der Waals surface area contributed by atoms with Gasteiger partial charge in [0.25, 0.3) is 0 Å². The average Bonchev–Trinajstić information content (AvgIpc) is 2.76. The molecule has 1 aliphatic rings. The van der Waals surface area contributed by atoms with Gasteiger partial charge in [0, 0.05) is 32.7 Å². The number of hydrogen-bond donors (Lipinski definition) is 0. The lowest BCUT2D eigenvalue weighted by atomic mass is 10.0. The highest BCUT2D eigenvalue weighted by Gasteiger charge is 2.28. The number of carbonyl (C=O) groups excluding carboxylic acids is 1. The number of carbonyl (C=O) groups is 1. The zero-order valence-electron chi connectivity index (χ0n) is 22.6. The molecule has 1 heterocycles. The summed E-state index contributed by atoms with van der Waals surface area (Å²) >= 11 is 0. The minimum atomic E-state index is 0.0270. The summed E-state index contributed by atoms with van der Waals surface area (Å²) in [4.78, 5) is 16.9. The number of piperazine rings is 1. The van der Waals surface area contributed by atoms with Crippen LogP contribution in [0.25, 0.3) is 0 Å². The lowest BCUT2D eigenvalue weighted by Gasteiger charge is -2.39. The molecule has 1 atom stereocenters. The van der Waals surface area contributed by atoms with E-state index in [1.807, 2.05) is 6.92 Å². The Kier molecular flexibility index (Phi) is 15.0. The minimum absolute atomic E-state index is 0.0270. The summed E-state index contributed by atoms with van der Waals surface area (Å²) in [6.07, 6.45) is 20.6. The van der Waals surface area contributed by atoms with Crippen molar-refractivity contribution in [3.8, 4) is 0 Å². The molecule has 33 heavy (non-hydrogen) atoms. The van der Waals surface area contributed by atoms with Crippen molar-refractivity contribution in [1.82, 2.24) is 9.80 Å². The summed E-state index contributed by atoms with van der Waals surface area (Å²) in [6.45, 7) is 19.5. The third-order valence-corrected chi connectivity index (χ3v) is 6.47. The molecule has 3 heteroatoms. The van der Waals surface area contributed by atoms with Gasteiger partial charge < -0.3 is 0 Å². The van der Waals surface area contributed by atoms with Crippen molar-refractivity contribution < 1.29 is 4.79 Å². The van der Waals surface area contributed by atoms with Gasteiger partial charge in [-0.1, -0.05) is 58.7 Å². The van der Waals surface area contributed by atoms with Crippen LogP contribution in [0.3, 0.4) is 0 Å². The van der Waals surface area contributed by atoms with Crippen molar-refractivity contribution in [2.75, 3.05) is 32.7 Å². The molecule has 0 aromatic carbocycles. The Morgan fingerprint density at radius 2 is 1.30 bits per heavy atom. The van der Waals surface area contributed by atoms with Crippen LogP contribution in [0.1, 0.15) is 87.0 Å². The maximum atomic E-state index is 12.1. The van der Waals surface area contributed by atoms with Crippen LogP contribution in [-0.4, -0.2) is 54.3 Å². The van der Waals surface area contributed by atoms with Gasteiger partial charge in [-0.25, -0.2) is 0 Å². The molecular formula is C30H50N2O. The van der Waals surface area contributed by atoms with E-state index in [1.165, 1.54) is 28.7 Å². The Labute approximate surface area is 205 Å². The Balaban J connectivity index is 2.36. The third-order valence-electron chi connectivity index (χ3n) is 6.47. The number of Topliss-reactive ketones (excluding diaryl/α,β-unsaturated/α-hetero) is 1. The van der Waals surface area contributed by atoms with Crippen molar-refractivity contribution in [3.05, 3.63) is 58.7 Å². The second-order valence-electron chi connectivity index (χ2n) is 10.00. The van der Waals surface area contributed by atoms with Crippen molar-refractivity contribution in [1.29, 1.82) is 0 Å². The SMILES string of the molecule is CC=CCN1CCN(C/C=C(\C)CC/C=C(\C)CC/C=C(\C)CCC=C(C)C)CC1C(C)=O. The number of allylic oxidation sites excluding steroid dienone is 8. The fraction of sp³-hybridized carbons (Fsp3) is 0.633. The van der Waals surface area contributed by atoms with Crippen LogP contribution in [0.4, 0.5) is 0 Å². The molecule has 0 bridgehead atoms. The molecule has 1 aliphatic heterocycles. The van der Waals surface area contributed by atoms with E-state index in [2.05, 4.69) is 80.9 Å². The van der Waals surface area contributed by atoms with Gasteiger partial charge in [-0.3, -0.25) is 14.6 Å². The summed E-state index contributed by atoms with van der Waals surface area (Å²) in [7, 11) is 0. The Morgan fingerprint density at radius 1 is 0.758 bits per heavy atom. The maximum Gasteiger partial charge on any atom is 0.148 e. The monoisotopic (exact) mass is 454 g/mol. The van der Waals surface area contributed by atoms with E-state index in [0.29, 0.717) is 0 Å². The summed E-state index contributed by atoms with van der Waals surface area (Å²) in [6, 6.07) is 0.0270. The molecule has 0 amide bonds. The molecule has 0 radical (unpaired) electrons. The Hall–Kier alpha value is -1.71. The van der Waals surface area contributed by atoms with Crippen LogP contribution in [-0.2, 0) is 4.79 Å². The number of nitrogens with zero attached hydrogens (tertiary/aromatic N) is 2. The minimum Gasteiger partial charge on any atom is -0.298 e. The second-order valence-corrected chi connectivity index (χ2v) is 10.00. The molecule has 0 aromatic rings. The molecule has 0 N–H and O–H groups in total. The van der Waals surface area contributed by atoms with Gasteiger partial charge in [0.15, 0.2) is 0 Å². The first-order valence-electron chi connectivity index (χ1n) is 12.9. The Morgan fingerprint density at radius 3 is 1.82 bits per heavy atom. The number of hydrogen-bond acceptors (Lipinski definition) is 3. The standard InChI is InChI=1S/C30H50N2O/c1-8-9-20-32-23-22-31(24-30(32)29(7)33)21-19-28(6)18-12-17-27(5)16-11-15-26(4)14-10-13-25(2)3/h8-9,13,15,17,19,30H,10-12,14,16,18,20-24H2,1-7H3/b9-8?,26-15+,27-17+,28-19+. The molecule has 0 aliphatic carbocycles. The van der Waals surface area contributed by atoms with E-state index in [4.69, 9.17) is 0 Å². The normalized spacial score (nSPS) is 19.4. The zero-order valence-corrected chi connectivity index (χ0v) is 22.6. The summed E-state index contributed by atoms with van der Waals surface area (Å²) in [5.74, 6) is 0.281. The van der Waals surface area contributed by atoms with Gasteiger partial charge in [-0.05, 0) is 87.0 Å². The molecule has 1 saturated heterocycles. The van der Waals surface area contributed by atoms with Crippen molar-refractivity contribution >= 4 is 5.78 Å². The highest BCUT2D eigenvalue weighted by molar-refractivity contribution is 5.81. The predicted octanol–water partition coefficient (Wildman–Crippen LogP) is 7.28. The van der Waals surface area contributed by atoms with Gasteiger partial charge in [0.05, 0.1) is 6.04 Å². The largest absolute Gasteiger partial charge is 0.298 e. The molecule has 0 aromatic heterocycles. The van der Waals surface area contributed by atoms with E-state index < -0.39 is 0 Å². The lowest BCUT2D eigenvalue weighted by Crippen LogP contribution is -2.55. The van der Waals surface area contributed by atoms with Crippen LogP contribution in [0.2, 0.25) is 0 Å². The average molecular weight is 455 g/mol. The van der Waals surface area contributed by atoms with Crippen LogP contribution in [0.5, 0.6) is 0 Å². The first kappa shape index (κ1) is 29.3. The summed E-state index contributed by atoms with van der Waals surface area (Å²) < 4.78 is 0. The lowest BCUT2D eigenvalue weighted by molar-refractivity contribution is -0.124. The quantitative estimate of drug-likeness (QED) is 0.258. The molecular weight excluding hydrogens is 404 g/mol. The fourth-order valence-electron chi connectivity index (χ4n) is 4.16. The van der Waals surface area contributed by atoms with E-state index in [9.17, 15) is 4.79 Å². The molecule has 186 valence electrons. The van der Waals surface area contributed by atoms with Gasteiger partial charge in [-0.2, -0.15) is 0 Å². The molecule has 3 nitrogen and oxygen atoms in total. The maximum absolute atomic E-state index is 12.1. The molecule has 1 rings (SSSR count). The van der Waals surface area contributed by atoms with E-state index in [1.54, 1.807) is 6.92 Å². The van der Waals surface area contributed by atoms with Gasteiger partial charge >= 0.3 is 0 Å². The molecule has 1 unspecified atom stereocenters. The topological polar surface area (TPSA) is 23.6 Å². The first-order valence-corrected chi connectivity index (χ1v) is 12.9. The smallest absolute Gasteiger partial charge is 0.148 e. The van der Waals surface area contributed by atoms with Crippen molar-refractivity contribution in [2.24, 2.45) is 0 Å². The zero-order chi connectivity index (χ0) is 24.6. The molecule has 0 saturated carbocycles. The summed E-state index contributed by atoms with van der Waals surface area (Å²) in [5.41, 5.74) is 5.87. The van der Waals surface area contributed by atoms with Gasteiger partial charge in [-0.15, -0.1) is 0 Å². The van der Waals surface area contributed by atoms with E-state index in [-0.39, 0.29) is 11.8 Å². The van der Waals surface area contributed by atoms with Gasteiger partial charge in [0.2, 0.25) is 0 Å². The highest BCUT2D eigenvalue weighted by Crippen LogP contribution is 2.15. The van der Waals surface area contributed by atoms with Crippen molar-refractivity contribution in [2.45, 2.75) is 93.0 Å². The number of rotatable bonds is 14. The first-order chi connectivity index (χ1) is 15.7. The van der Waals surface area contributed by atoms with Crippen LogP contribution in [0.15, 0.2) is 58.7 Å². The highest BCUT2D eigenvalue weighted by atomic mass is 16.1. The number of ketones is 1. The fourth-order valence-corrected chi connectivity index (χ4v) is 4.16. The third kappa shape index (κ3) is 13.6. The van der Waals surface area contributed by atoms with Crippen LogP contribution >= 0.6 is 0 Å². The van der Waals surface area contributed by atoms with Crippen LogP contribution in [0, 0.1) is 0 Å². The van der Waals surface area contributed by atoms with Crippen molar-refractivity contribution in [3.63, 3.8) is 0 Å². The van der Waals surface area contributed by atoms with Crippen LogP contribution < -0.4 is 0 Å². The summed E-state index contributed by atoms with van der Waals surface area (Å²) in [5, 5.41) is 0. The molecule has 1 fully saturated rings. The second kappa shape index (κ2) is 16.8. The molecule has 0 spiro atoms.